The summed E-state index contributed by atoms with van der Waals surface area (Å²) in [5, 5.41) is 1.28. The summed E-state index contributed by atoms with van der Waals surface area (Å²) < 4.78 is 33.3. The molecule has 8 heteroatoms. The van der Waals surface area contributed by atoms with Gasteiger partial charge in [0.15, 0.2) is 0 Å². The molecule has 0 aliphatic carbocycles. The molecule has 0 aromatic heterocycles. The number of esters is 2. The third kappa shape index (κ3) is 10.4. The van der Waals surface area contributed by atoms with E-state index in [9.17, 15) is 9.59 Å². The molecule has 4 rings (SSSR count). The second kappa shape index (κ2) is 18.5. The summed E-state index contributed by atoms with van der Waals surface area (Å²) in [4.78, 5) is 26.0. The van der Waals surface area contributed by atoms with Crippen LogP contribution in [0.4, 0.5) is 0 Å². The molecule has 8 nitrogen and oxygen atoms in total. The van der Waals surface area contributed by atoms with Crippen LogP contribution < -0.4 is 18.9 Å². The Kier molecular flexibility index (Phi) is 13.6. The monoisotopic (exact) mass is 624 g/mol. The van der Waals surface area contributed by atoms with Crippen molar-refractivity contribution in [2.24, 2.45) is 0 Å². The van der Waals surface area contributed by atoms with Crippen LogP contribution in [0.25, 0.3) is 10.8 Å². The number of hydrogen-bond acceptors (Lipinski definition) is 8. The smallest absolute Gasteiger partial charge is 0.343 e. The van der Waals surface area contributed by atoms with Gasteiger partial charge >= 0.3 is 11.9 Å². The highest BCUT2D eigenvalue weighted by Crippen LogP contribution is 2.34. The van der Waals surface area contributed by atoms with Gasteiger partial charge in [0, 0.05) is 10.8 Å². The van der Waals surface area contributed by atoms with Crippen molar-refractivity contribution in [3.05, 3.63) is 122 Å². The maximum atomic E-state index is 13.0. The van der Waals surface area contributed by atoms with Gasteiger partial charge in [-0.05, 0) is 99.2 Å². The Morgan fingerprint density at radius 2 is 0.891 bits per heavy atom. The van der Waals surface area contributed by atoms with E-state index in [0.29, 0.717) is 71.3 Å². The molecule has 0 atom stereocenters. The highest BCUT2D eigenvalue weighted by Gasteiger charge is 2.16. The zero-order chi connectivity index (χ0) is 32.4. The molecule has 4 aromatic carbocycles. The van der Waals surface area contributed by atoms with Crippen LogP contribution >= 0.6 is 0 Å². The van der Waals surface area contributed by atoms with Crippen LogP contribution in [0.5, 0.6) is 23.0 Å². The van der Waals surface area contributed by atoms with Gasteiger partial charge in [-0.2, -0.15) is 0 Å². The van der Waals surface area contributed by atoms with Crippen LogP contribution in [-0.4, -0.2) is 38.4 Å². The average molecular weight is 625 g/mol. The predicted molar refractivity (Wildman–Crippen MR) is 178 cm³/mol. The van der Waals surface area contributed by atoms with E-state index in [-0.39, 0.29) is 0 Å². The minimum absolute atomic E-state index is 0.357. The van der Waals surface area contributed by atoms with Gasteiger partial charge in [-0.15, -0.1) is 0 Å². The first-order chi connectivity index (χ1) is 22.6. The van der Waals surface area contributed by atoms with Crippen LogP contribution in [0.15, 0.2) is 111 Å². The van der Waals surface area contributed by atoms with Crippen molar-refractivity contribution in [1.29, 1.82) is 0 Å². The maximum absolute atomic E-state index is 13.0. The van der Waals surface area contributed by atoms with Gasteiger partial charge in [0.25, 0.3) is 0 Å². The Labute approximate surface area is 270 Å². The molecule has 0 aliphatic rings. The van der Waals surface area contributed by atoms with E-state index in [1.54, 1.807) is 60.7 Å². The number of rotatable bonds is 20. The van der Waals surface area contributed by atoms with Crippen molar-refractivity contribution >= 4 is 22.7 Å². The van der Waals surface area contributed by atoms with Crippen LogP contribution in [0.2, 0.25) is 0 Å². The summed E-state index contributed by atoms with van der Waals surface area (Å²) >= 11 is 0. The number of hydrogen-bond donors (Lipinski definition) is 0. The summed E-state index contributed by atoms with van der Waals surface area (Å²) in [5.41, 5.74) is 0.776. The van der Waals surface area contributed by atoms with Crippen molar-refractivity contribution < 1.29 is 38.0 Å². The van der Waals surface area contributed by atoms with Crippen LogP contribution in [-0.2, 0) is 9.47 Å². The van der Waals surface area contributed by atoms with Gasteiger partial charge in [-0.3, -0.25) is 0 Å². The lowest BCUT2D eigenvalue weighted by Gasteiger charge is -2.12. The molecule has 0 amide bonds. The molecular formula is C38H40O8. The molecule has 0 spiro atoms. The lowest BCUT2D eigenvalue weighted by Crippen LogP contribution is -2.10. The van der Waals surface area contributed by atoms with E-state index in [1.165, 1.54) is 12.5 Å². The number of benzene rings is 4. The molecule has 0 aliphatic heterocycles. The number of carbonyl (C=O) groups is 2. The van der Waals surface area contributed by atoms with E-state index in [2.05, 4.69) is 13.2 Å². The van der Waals surface area contributed by atoms with Crippen molar-refractivity contribution in [3.63, 3.8) is 0 Å². The van der Waals surface area contributed by atoms with Crippen LogP contribution in [0.1, 0.15) is 59.2 Å². The number of carbonyl (C=O) groups excluding carboxylic acids is 2. The fourth-order valence-electron chi connectivity index (χ4n) is 4.59. The van der Waals surface area contributed by atoms with Crippen molar-refractivity contribution in [2.45, 2.75) is 38.5 Å². The van der Waals surface area contributed by atoms with Crippen molar-refractivity contribution in [1.82, 2.24) is 0 Å². The molecule has 46 heavy (non-hydrogen) atoms. The van der Waals surface area contributed by atoms with Crippen molar-refractivity contribution in [3.8, 4) is 23.0 Å². The maximum Gasteiger partial charge on any atom is 0.343 e. The van der Waals surface area contributed by atoms with E-state index in [1.807, 2.05) is 24.3 Å². The molecule has 4 aromatic rings. The first-order valence-corrected chi connectivity index (χ1v) is 15.5. The molecule has 0 saturated carbocycles. The lowest BCUT2D eigenvalue weighted by atomic mass is 10.1. The molecule has 0 unspecified atom stereocenters. The topological polar surface area (TPSA) is 89.5 Å². The normalized spacial score (nSPS) is 10.5. The quantitative estimate of drug-likeness (QED) is 0.0418. The van der Waals surface area contributed by atoms with E-state index < -0.39 is 11.9 Å². The Bertz CT molecular complexity index is 1440. The van der Waals surface area contributed by atoms with Gasteiger partial charge in [0.1, 0.15) is 23.0 Å². The second-order valence-corrected chi connectivity index (χ2v) is 10.3. The standard InChI is InChI=1S/C38H40O8/c1-3-41-25-9-5-11-27-43-31-19-15-29(16-20-31)37(39)45-35-23-24-36(34-14-8-7-13-33(34)35)46-38(40)30-17-21-32(22-18-30)44-28-12-6-10-26-42-4-2/h3-4,7-8,13-24H,1-2,5-6,9-12,25-28H2. The third-order valence-corrected chi connectivity index (χ3v) is 7.02. The first kappa shape index (κ1) is 33.6. The first-order valence-electron chi connectivity index (χ1n) is 15.5. The van der Waals surface area contributed by atoms with Gasteiger partial charge in [-0.1, -0.05) is 37.4 Å². The minimum Gasteiger partial charge on any atom is -0.502 e. The number of ether oxygens (including phenoxy) is 6. The van der Waals surface area contributed by atoms with E-state index in [0.717, 1.165) is 38.5 Å². The van der Waals surface area contributed by atoms with Gasteiger partial charge in [-0.25, -0.2) is 9.59 Å². The zero-order valence-corrected chi connectivity index (χ0v) is 26.0. The predicted octanol–water partition coefficient (Wildman–Crippen LogP) is 8.70. The molecule has 0 bridgehead atoms. The average Bonchev–Trinajstić information content (AvgIpc) is 3.09. The summed E-state index contributed by atoms with van der Waals surface area (Å²) in [5.74, 6) is 1.06. The highest BCUT2D eigenvalue weighted by molar-refractivity contribution is 6.00. The fourth-order valence-corrected chi connectivity index (χ4v) is 4.59. The van der Waals surface area contributed by atoms with Crippen LogP contribution in [0, 0.1) is 0 Å². The Balaban J connectivity index is 1.30. The fraction of sp³-hybridized carbons (Fsp3) is 0.263. The van der Waals surface area contributed by atoms with E-state index in [4.69, 9.17) is 28.4 Å². The molecule has 0 radical (unpaired) electrons. The van der Waals surface area contributed by atoms with Crippen LogP contribution in [0.3, 0.4) is 0 Å². The largest absolute Gasteiger partial charge is 0.502 e. The molecule has 0 fully saturated rings. The van der Waals surface area contributed by atoms with Gasteiger partial charge < -0.3 is 28.4 Å². The molecule has 0 N–H and O–H groups in total. The molecule has 0 heterocycles. The molecular weight excluding hydrogens is 584 g/mol. The Hall–Kier alpha value is -5.24. The Morgan fingerprint density at radius 1 is 0.500 bits per heavy atom. The Morgan fingerprint density at radius 3 is 1.28 bits per heavy atom. The summed E-state index contributed by atoms with van der Waals surface area (Å²) in [6, 6.07) is 24.2. The van der Waals surface area contributed by atoms with Gasteiger partial charge in [0.2, 0.25) is 0 Å². The summed E-state index contributed by atoms with van der Waals surface area (Å²) in [7, 11) is 0. The van der Waals surface area contributed by atoms with Crippen molar-refractivity contribution in [2.75, 3.05) is 26.4 Å². The minimum atomic E-state index is -0.507. The zero-order valence-electron chi connectivity index (χ0n) is 26.0. The number of fused-ring (bicyclic) bond motifs is 1. The number of unbranched alkanes of at least 4 members (excludes halogenated alkanes) is 4. The molecule has 240 valence electrons. The SMILES string of the molecule is C=COCCCCCOc1ccc(C(=O)Oc2ccc(OC(=O)c3ccc(OCCCCCOC=C)cc3)c3ccccc23)cc1. The van der Waals surface area contributed by atoms with E-state index >= 15 is 0 Å². The summed E-state index contributed by atoms with van der Waals surface area (Å²) in [6.45, 7) is 9.52. The second-order valence-electron chi connectivity index (χ2n) is 10.3. The highest BCUT2D eigenvalue weighted by atomic mass is 16.5. The van der Waals surface area contributed by atoms with Gasteiger partial charge in [0.05, 0.1) is 50.1 Å². The summed E-state index contributed by atoms with van der Waals surface area (Å²) in [6.07, 6.45) is 8.56. The molecule has 0 saturated heterocycles. The lowest BCUT2D eigenvalue weighted by molar-refractivity contribution is 0.0723. The third-order valence-electron chi connectivity index (χ3n) is 7.02.